The second-order valence-electron chi connectivity index (χ2n) is 9.26. The maximum atomic E-state index is 12.8. The molecular formula is C26H35N3O6. The number of hydrogen-bond donors (Lipinski definition) is 1. The van der Waals surface area contributed by atoms with Crippen LogP contribution in [0.25, 0.3) is 0 Å². The molecule has 1 aliphatic rings. The number of benzene rings is 1. The van der Waals surface area contributed by atoms with Crippen molar-refractivity contribution in [1.82, 2.24) is 15.1 Å². The summed E-state index contributed by atoms with van der Waals surface area (Å²) in [5, 5.41) is 2.66. The Hall–Kier alpha value is -3.20. The lowest BCUT2D eigenvalue weighted by molar-refractivity contribution is -0.141. The van der Waals surface area contributed by atoms with Gasteiger partial charge < -0.3 is 10.2 Å². The predicted molar refractivity (Wildman–Crippen MR) is 129 cm³/mol. The number of carbonyl (C=O) groups is 6. The number of hydrogen-bond acceptors (Lipinski definition) is 7. The van der Waals surface area contributed by atoms with E-state index in [9.17, 15) is 28.8 Å². The summed E-state index contributed by atoms with van der Waals surface area (Å²) in [6.07, 6.45) is 0.466. The van der Waals surface area contributed by atoms with Crippen LogP contribution in [0.3, 0.4) is 0 Å². The van der Waals surface area contributed by atoms with Crippen molar-refractivity contribution >= 4 is 34.9 Å². The van der Waals surface area contributed by atoms with E-state index < -0.39 is 35.5 Å². The highest BCUT2D eigenvalue weighted by molar-refractivity contribution is 6.38. The Morgan fingerprint density at radius 1 is 1.09 bits per heavy atom. The summed E-state index contributed by atoms with van der Waals surface area (Å²) in [5.74, 6) is -3.22. The molecule has 0 bridgehead atoms. The Bertz CT molecular complexity index is 959. The van der Waals surface area contributed by atoms with Crippen LogP contribution in [-0.4, -0.2) is 78.5 Å². The summed E-state index contributed by atoms with van der Waals surface area (Å²) in [4.78, 5) is 77.9. The van der Waals surface area contributed by atoms with Crippen LogP contribution >= 0.6 is 0 Å². The van der Waals surface area contributed by atoms with Crippen LogP contribution in [0.1, 0.15) is 57.1 Å². The third-order valence-electron chi connectivity index (χ3n) is 6.19. The molecule has 1 aromatic rings. The van der Waals surface area contributed by atoms with Gasteiger partial charge in [0.1, 0.15) is 11.8 Å². The summed E-state index contributed by atoms with van der Waals surface area (Å²) in [7, 11) is 4.86. The van der Waals surface area contributed by atoms with Gasteiger partial charge in [-0.05, 0) is 19.0 Å². The van der Waals surface area contributed by atoms with Crippen molar-refractivity contribution in [3.8, 4) is 0 Å². The average Bonchev–Trinajstić information content (AvgIpc) is 3.18. The summed E-state index contributed by atoms with van der Waals surface area (Å²) < 4.78 is 0. The number of rotatable bonds is 13. The lowest BCUT2D eigenvalue weighted by Crippen LogP contribution is -2.40. The number of ketones is 4. The van der Waals surface area contributed by atoms with E-state index in [1.807, 2.05) is 6.92 Å². The SMILES string of the molecule is CCCC(CC(=O)C1CC(=O)CN1C)C(=O)C(=O)CCC(=O)N[C@H](C(=O)N(C)C)c1ccccc1. The molecule has 1 fully saturated rings. The zero-order valence-corrected chi connectivity index (χ0v) is 20.9. The van der Waals surface area contributed by atoms with Crippen LogP contribution in [-0.2, 0) is 28.8 Å². The first-order valence-corrected chi connectivity index (χ1v) is 11.9. The van der Waals surface area contributed by atoms with E-state index >= 15 is 0 Å². The van der Waals surface area contributed by atoms with Crippen molar-refractivity contribution in [3.05, 3.63) is 35.9 Å². The highest BCUT2D eigenvalue weighted by Crippen LogP contribution is 2.21. The molecular weight excluding hydrogens is 450 g/mol. The van der Waals surface area contributed by atoms with Gasteiger partial charge in [-0.25, -0.2) is 0 Å². The van der Waals surface area contributed by atoms with Crippen LogP contribution < -0.4 is 5.32 Å². The standard InChI is InChI=1S/C26H35N3O6/c1-5-9-18(14-22(32)20-15-19(30)16-29(20)4)25(34)21(31)12-13-23(33)27-24(26(35)28(2)3)17-10-7-6-8-11-17/h6-8,10-11,18,20,24H,5,9,12-16H2,1-4H3,(H,27,33)/t18?,20?,24-/m0/s1. The maximum Gasteiger partial charge on any atom is 0.249 e. The van der Waals surface area contributed by atoms with Gasteiger partial charge in [-0.1, -0.05) is 43.7 Å². The fraction of sp³-hybridized carbons (Fsp3) is 0.538. The van der Waals surface area contributed by atoms with E-state index in [0.717, 1.165) is 0 Å². The number of nitrogens with zero attached hydrogens (tertiary/aromatic N) is 2. The van der Waals surface area contributed by atoms with Gasteiger partial charge in [0.25, 0.3) is 0 Å². The molecule has 3 atom stereocenters. The lowest BCUT2D eigenvalue weighted by atomic mass is 9.87. The van der Waals surface area contributed by atoms with Crippen LogP contribution in [0.2, 0.25) is 0 Å². The van der Waals surface area contributed by atoms with Crippen molar-refractivity contribution in [2.24, 2.45) is 5.92 Å². The highest BCUT2D eigenvalue weighted by Gasteiger charge is 2.36. The summed E-state index contributed by atoms with van der Waals surface area (Å²) in [6, 6.07) is 7.31. The first-order chi connectivity index (χ1) is 16.5. The molecule has 0 radical (unpaired) electrons. The minimum Gasteiger partial charge on any atom is -0.347 e. The van der Waals surface area contributed by atoms with E-state index in [2.05, 4.69) is 5.32 Å². The van der Waals surface area contributed by atoms with Crippen molar-refractivity contribution in [3.63, 3.8) is 0 Å². The molecule has 1 saturated heterocycles. The Kier molecular flexibility index (Phi) is 10.4. The van der Waals surface area contributed by atoms with Gasteiger partial charge in [0.05, 0.1) is 12.6 Å². The van der Waals surface area contributed by atoms with E-state index in [-0.39, 0.29) is 49.7 Å². The molecule has 0 spiro atoms. The Morgan fingerprint density at radius 2 is 1.74 bits per heavy atom. The molecule has 0 aliphatic carbocycles. The number of amides is 2. The zero-order chi connectivity index (χ0) is 26.1. The zero-order valence-electron chi connectivity index (χ0n) is 20.9. The predicted octanol–water partition coefficient (Wildman–Crippen LogP) is 1.50. The van der Waals surface area contributed by atoms with Gasteiger partial charge in [0, 0.05) is 45.7 Å². The van der Waals surface area contributed by atoms with Crippen molar-refractivity contribution < 1.29 is 28.8 Å². The Morgan fingerprint density at radius 3 is 2.29 bits per heavy atom. The lowest BCUT2D eigenvalue weighted by Gasteiger charge is -2.22. The van der Waals surface area contributed by atoms with Gasteiger partial charge in [-0.15, -0.1) is 0 Å². The number of likely N-dealkylation sites (tertiary alicyclic amines) is 1. The molecule has 1 heterocycles. The number of likely N-dealkylation sites (N-methyl/N-ethyl adjacent to an activating group) is 2. The first kappa shape index (κ1) is 28.0. The largest absolute Gasteiger partial charge is 0.347 e. The van der Waals surface area contributed by atoms with Crippen LogP contribution in [0.4, 0.5) is 0 Å². The molecule has 2 amide bonds. The number of Topliss-reactive ketones (excluding diaryl/α,β-unsaturated/α-hetero) is 4. The molecule has 2 rings (SSSR count). The van der Waals surface area contributed by atoms with E-state index in [0.29, 0.717) is 18.4 Å². The average molecular weight is 486 g/mol. The van der Waals surface area contributed by atoms with Crippen LogP contribution in [0, 0.1) is 5.92 Å². The monoisotopic (exact) mass is 485 g/mol. The fourth-order valence-corrected chi connectivity index (χ4v) is 4.24. The third-order valence-corrected chi connectivity index (χ3v) is 6.19. The fourth-order valence-electron chi connectivity index (χ4n) is 4.24. The quantitative estimate of drug-likeness (QED) is 0.420. The van der Waals surface area contributed by atoms with Gasteiger partial charge in [0.15, 0.2) is 11.6 Å². The number of nitrogens with one attached hydrogen (secondary N) is 1. The first-order valence-electron chi connectivity index (χ1n) is 11.9. The molecule has 9 nitrogen and oxygen atoms in total. The van der Waals surface area contributed by atoms with Gasteiger partial charge in [0.2, 0.25) is 17.6 Å². The normalized spacial score (nSPS) is 17.5. The molecule has 0 aromatic heterocycles. The topological polar surface area (TPSA) is 121 Å². The number of carbonyl (C=O) groups excluding carboxylic acids is 6. The summed E-state index contributed by atoms with van der Waals surface area (Å²) >= 11 is 0. The second kappa shape index (κ2) is 13.0. The van der Waals surface area contributed by atoms with E-state index in [1.54, 1.807) is 56.4 Å². The van der Waals surface area contributed by atoms with Crippen LogP contribution in [0.15, 0.2) is 30.3 Å². The molecule has 35 heavy (non-hydrogen) atoms. The minimum absolute atomic E-state index is 0.0205. The van der Waals surface area contributed by atoms with E-state index in [4.69, 9.17) is 0 Å². The Balaban J connectivity index is 1.97. The van der Waals surface area contributed by atoms with E-state index in [1.165, 1.54) is 4.90 Å². The molecule has 2 unspecified atom stereocenters. The second-order valence-corrected chi connectivity index (χ2v) is 9.26. The molecule has 190 valence electrons. The van der Waals surface area contributed by atoms with Gasteiger partial charge >= 0.3 is 0 Å². The van der Waals surface area contributed by atoms with Crippen molar-refractivity contribution in [2.45, 2.75) is 57.5 Å². The summed E-state index contributed by atoms with van der Waals surface area (Å²) in [5.41, 5.74) is 0.610. The third kappa shape index (κ3) is 7.92. The highest BCUT2D eigenvalue weighted by atomic mass is 16.2. The maximum absolute atomic E-state index is 12.8. The van der Waals surface area contributed by atoms with Crippen LogP contribution in [0.5, 0.6) is 0 Å². The van der Waals surface area contributed by atoms with Crippen molar-refractivity contribution in [2.75, 3.05) is 27.7 Å². The molecule has 1 N–H and O–H groups in total. The van der Waals surface area contributed by atoms with Gasteiger partial charge in [-0.2, -0.15) is 0 Å². The molecule has 1 aromatic carbocycles. The van der Waals surface area contributed by atoms with Crippen molar-refractivity contribution in [1.29, 1.82) is 0 Å². The minimum atomic E-state index is -0.902. The molecule has 9 heteroatoms. The molecule has 0 saturated carbocycles. The smallest absolute Gasteiger partial charge is 0.249 e. The molecule has 1 aliphatic heterocycles. The summed E-state index contributed by atoms with van der Waals surface area (Å²) in [6.45, 7) is 2.07. The van der Waals surface area contributed by atoms with Gasteiger partial charge in [-0.3, -0.25) is 33.7 Å². The Labute approximate surface area is 206 Å².